The number of benzene rings is 2. The van der Waals surface area contributed by atoms with Crippen molar-refractivity contribution in [1.29, 1.82) is 0 Å². The van der Waals surface area contributed by atoms with E-state index in [0.717, 1.165) is 11.3 Å². The van der Waals surface area contributed by atoms with E-state index in [1.807, 2.05) is 0 Å². The van der Waals surface area contributed by atoms with Gasteiger partial charge in [0.05, 0.1) is 42.4 Å². The number of carbonyl (C=O) groups is 2. The fourth-order valence-corrected chi connectivity index (χ4v) is 4.14. The predicted octanol–water partition coefficient (Wildman–Crippen LogP) is 2.86. The molecule has 11 heteroatoms. The number of aromatic nitrogens is 1. The Morgan fingerprint density at radius 2 is 1.94 bits per heavy atom. The number of hydrogen-bond acceptors (Lipinski definition) is 8. The van der Waals surface area contributed by atoms with Crippen LogP contribution in [0.3, 0.4) is 0 Å². The largest absolute Gasteiger partial charge is 0.497 e. The SMILES string of the molecule is CCOC(=O)Cn1c(=NC(=O)Cc2ccc(OC)cc2OC)sc2cc([N+](=O)[O-])ccc21. The highest BCUT2D eigenvalue weighted by molar-refractivity contribution is 7.16. The molecule has 0 radical (unpaired) electrons. The Morgan fingerprint density at radius 1 is 1.16 bits per heavy atom. The molecular formula is C21H21N3O7S. The third-order valence-corrected chi connectivity index (χ3v) is 5.57. The van der Waals surface area contributed by atoms with E-state index in [2.05, 4.69) is 4.99 Å². The lowest BCUT2D eigenvalue weighted by molar-refractivity contribution is -0.384. The van der Waals surface area contributed by atoms with E-state index in [-0.39, 0.29) is 30.1 Å². The first kappa shape index (κ1) is 22.9. The number of nitro groups is 1. The number of nitro benzene ring substituents is 1. The van der Waals surface area contributed by atoms with Gasteiger partial charge < -0.3 is 18.8 Å². The van der Waals surface area contributed by atoms with Crippen LogP contribution < -0.4 is 14.3 Å². The van der Waals surface area contributed by atoms with Crippen molar-refractivity contribution in [3.8, 4) is 11.5 Å². The van der Waals surface area contributed by atoms with Gasteiger partial charge >= 0.3 is 5.97 Å². The van der Waals surface area contributed by atoms with Crippen LogP contribution in [-0.4, -0.2) is 42.2 Å². The minimum Gasteiger partial charge on any atom is -0.497 e. The lowest BCUT2D eigenvalue weighted by Crippen LogP contribution is -2.23. The number of rotatable bonds is 8. The number of fused-ring (bicyclic) bond motifs is 1. The summed E-state index contributed by atoms with van der Waals surface area (Å²) in [5.74, 6) is 0.107. The number of amides is 1. The van der Waals surface area contributed by atoms with Crippen molar-refractivity contribution in [2.24, 2.45) is 4.99 Å². The molecule has 0 aliphatic rings. The van der Waals surface area contributed by atoms with Crippen molar-refractivity contribution < 1.29 is 28.7 Å². The van der Waals surface area contributed by atoms with E-state index in [0.29, 0.717) is 27.3 Å². The maximum atomic E-state index is 12.7. The van der Waals surface area contributed by atoms with Gasteiger partial charge in [-0.25, -0.2) is 0 Å². The van der Waals surface area contributed by atoms with Crippen molar-refractivity contribution in [2.45, 2.75) is 19.9 Å². The first-order valence-corrected chi connectivity index (χ1v) is 10.4. The normalized spacial score (nSPS) is 11.4. The Morgan fingerprint density at radius 3 is 2.59 bits per heavy atom. The number of methoxy groups -OCH3 is 2. The average Bonchev–Trinajstić information content (AvgIpc) is 3.09. The number of thiazole rings is 1. The molecule has 0 aliphatic heterocycles. The standard InChI is InChI=1S/C21H21N3O7S/c1-4-31-20(26)12-23-16-8-6-14(24(27)28)10-18(16)32-21(23)22-19(25)9-13-5-7-15(29-2)11-17(13)30-3/h5-8,10-11H,4,9,12H2,1-3H3. The molecule has 0 spiro atoms. The first-order chi connectivity index (χ1) is 15.4. The van der Waals surface area contributed by atoms with E-state index < -0.39 is 16.8 Å². The molecular weight excluding hydrogens is 438 g/mol. The molecule has 32 heavy (non-hydrogen) atoms. The Balaban J connectivity index is 2.02. The summed E-state index contributed by atoms with van der Waals surface area (Å²) >= 11 is 1.08. The second-order valence-corrected chi connectivity index (χ2v) is 7.55. The maximum absolute atomic E-state index is 12.7. The molecule has 0 bridgehead atoms. The maximum Gasteiger partial charge on any atom is 0.326 e. The fourth-order valence-electron chi connectivity index (χ4n) is 3.06. The number of non-ortho nitro benzene ring substituents is 1. The van der Waals surface area contributed by atoms with Crippen molar-refractivity contribution in [1.82, 2.24) is 4.57 Å². The van der Waals surface area contributed by atoms with Gasteiger partial charge in [0.1, 0.15) is 18.0 Å². The number of hydrogen-bond donors (Lipinski definition) is 0. The molecule has 0 fully saturated rings. The fraction of sp³-hybridized carbons (Fsp3) is 0.286. The Hall–Kier alpha value is -3.73. The Labute approximate surface area is 186 Å². The highest BCUT2D eigenvalue weighted by atomic mass is 32.1. The zero-order chi connectivity index (χ0) is 23.3. The van der Waals surface area contributed by atoms with Crippen LogP contribution in [0.2, 0.25) is 0 Å². The van der Waals surface area contributed by atoms with Gasteiger partial charge in [-0.05, 0) is 19.1 Å². The summed E-state index contributed by atoms with van der Waals surface area (Å²) < 4.78 is 17.5. The van der Waals surface area contributed by atoms with Crippen LogP contribution in [0.5, 0.6) is 11.5 Å². The molecule has 0 aliphatic carbocycles. The molecule has 1 aromatic heterocycles. The molecule has 168 valence electrons. The number of esters is 1. The van der Waals surface area contributed by atoms with E-state index in [9.17, 15) is 19.7 Å². The average molecular weight is 459 g/mol. The summed E-state index contributed by atoms with van der Waals surface area (Å²) in [6, 6.07) is 9.35. The summed E-state index contributed by atoms with van der Waals surface area (Å²) in [4.78, 5) is 39.9. The first-order valence-electron chi connectivity index (χ1n) is 9.58. The van der Waals surface area contributed by atoms with Crippen LogP contribution in [0, 0.1) is 10.1 Å². The van der Waals surface area contributed by atoms with E-state index in [4.69, 9.17) is 14.2 Å². The molecule has 10 nitrogen and oxygen atoms in total. The lowest BCUT2D eigenvalue weighted by atomic mass is 10.1. The second-order valence-electron chi connectivity index (χ2n) is 6.55. The van der Waals surface area contributed by atoms with Gasteiger partial charge in [-0.2, -0.15) is 4.99 Å². The summed E-state index contributed by atoms with van der Waals surface area (Å²) in [5.41, 5.74) is 1.07. The monoisotopic (exact) mass is 459 g/mol. The third kappa shape index (κ3) is 5.11. The number of nitrogens with zero attached hydrogens (tertiary/aromatic N) is 3. The van der Waals surface area contributed by atoms with Gasteiger partial charge in [-0.15, -0.1) is 0 Å². The van der Waals surface area contributed by atoms with Gasteiger partial charge in [0, 0.05) is 23.8 Å². The van der Waals surface area contributed by atoms with Crippen LogP contribution >= 0.6 is 11.3 Å². The van der Waals surface area contributed by atoms with Crippen LogP contribution in [0.4, 0.5) is 5.69 Å². The van der Waals surface area contributed by atoms with Crippen molar-refractivity contribution in [3.63, 3.8) is 0 Å². The summed E-state index contributed by atoms with van der Waals surface area (Å²) in [5, 5.41) is 11.1. The smallest absolute Gasteiger partial charge is 0.326 e. The predicted molar refractivity (Wildman–Crippen MR) is 117 cm³/mol. The zero-order valence-corrected chi connectivity index (χ0v) is 18.5. The summed E-state index contributed by atoms with van der Waals surface area (Å²) in [6.07, 6.45) is -0.0407. The molecule has 2 aromatic carbocycles. The Kier molecular flexibility index (Phi) is 7.21. The summed E-state index contributed by atoms with van der Waals surface area (Å²) in [7, 11) is 3.02. The number of carbonyl (C=O) groups excluding carboxylic acids is 2. The topological polar surface area (TPSA) is 122 Å². The molecule has 0 saturated carbocycles. The molecule has 1 heterocycles. The summed E-state index contributed by atoms with van der Waals surface area (Å²) in [6.45, 7) is 1.72. The van der Waals surface area contributed by atoms with Gasteiger partial charge in [0.25, 0.3) is 11.6 Å². The minimum atomic E-state index is -0.507. The van der Waals surface area contributed by atoms with E-state index in [1.165, 1.54) is 37.0 Å². The lowest BCUT2D eigenvalue weighted by Gasteiger charge is -2.09. The molecule has 0 saturated heterocycles. The van der Waals surface area contributed by atoms with Crippen LogP contribution in [0.1, 0.15) is 12.5 Å². The zero-order valence-electron chi connectivity index (χ0n) is 17.7. The minimum absolute atomic E-state index is 0.0407. The van der Waals surface area contributed by atoms with Crippen LogP contribution in [0.15, 0.2) is 41.4 Å². The van der Waals surface area contributed by atoms with E-state index >= 15 is 0 Å². The van der Waals surface area contributed by atoms with Gasteiger partial charge in [0.2, 0.25) is 0 Å². The van der Waals surface area contributed by atoms with Crippen molar-refractivity contribution >= 4 is 39.1 Å². The van der Waals surface area contributed by atoms with Gasteiger partial charge in [-0.1, -0.05) is 17.4 Å². The molecule has 0 N–H and O–H groups in total. The number of ether oxygens (including phenoxy) is 3. The molecule has 0 atom stereocenters. The molecule has 1 amide bonds. The molecule has 0 unspecified atom stereocenters. The third-order valence-electron chi connectivity index (χ3n) is 4.53. The van der Waals surface area contributed by atoms with Crippen LogP contribution in [0.25, 0.3) is 10.2 Å². The highest BCUT2D eigenvalue weighted by Crippen LogP contribution is 2.26. The molecule has 3 aromatic rings. The van der Waals surface area contributed by atoms with E-state index in [1.54, 1.807) is 25.1 Å². The van der Waals surface area contributed by atoms with Gasteiger partial charge in [-0.3, -0.25) is 19.7 Å². The second kappa shape index (κ2) is 10.1. The quantitative estimate of drug-likeness (QED) is 0.288. The van der Waals surface area contributed by atoms with Crippen LogP contribution in [-0.2, 0) is 27.3 Å². The Bertz CT molecular complexity index is 1250. The van der Waals surface area contributed by atoms with Crippen molar-refractivity contribution in [2.75, 3.05) is 20.8 Å². The van der Waals surface area contributed by atoms with Gasteiger partial charge in [0.15, 0.2) is 4.80 Å². The van der Waals surface area contributed by atoms with Crippen molar-refractivity contribution in [3.05, 3.63) is 56.9 Å². The molecule has 3 rings (SSSR count). The highest BCUT2D eigenvalue weighted by Gasteiger charge is 2.16.